The first-order valence-electron chi connectivity index (χ1n) is 5.40. The van der Waals surface area contributed by atoms with Gasteiger partial charge in [0.15, 0.2) is 0 Å². The van der Waals surface area contributed by atoms with E-state index in [4.69, 9.17) is 0 Å². The van der Waals surface area contributed by atoms with E-state index in [0.717, 1.165) is 13.0 Å². The van der Waals surface area contributed by atoms with Crippen molar-refractivity contribution in [1.82, 2.24) is 9.47 Å². The van der Waals surface area contributed by atoms with E-state index in [-0.39, 0.29) is 36.0 Å². The molecule has 0 radical (unpaired) electrons. The third-order valence-corrected chi connectivity index (χ3v) is 2.32. The number of aromatic nitrogens is 2. The Morgan fingerprint density at radius 3 is 2.50 bits per heavy atom. The van der Waals surface area contributed by atoms with Crippen molar-refractivity contribution in [3.8, 4) is 0 Å². The summed E-state index contributed by atoms with van der Waals surface area (Å²) in [6.07, 6.45) is 6.42. The molecule has 1 aromatic rings. The molecule has 0 aliphatic rings. The zero-order chi connectivity index (χ0) is 11.4. The molecule has 4 nitrogen and oxygen atoms in total. The Kier molecular flexibility index (Phi) is 6.62. The van der Waals surface area contributed by atoms with Crippen molar-refractivity contribution < 1.29 is 33.3 Å². The monoisotopic (exact) mass is 337 g/mol. The molecule has 0 saturated carbocycles. The van der Waals surface area contributed by atoms with Crippen LogP contribution in [0, 0.1) is 0 Å². The van der Waals surface area contributed by atoms with E-state index in [2.05, 4.69) is 6.92 Å². The van der Waals surface area contributed by atoms with Crippen LogP contribution in [0.2, 0.25) is 0 Å². The number of nitrogens with zero attached hydrogens (tertiary/aromatic N) is 3. The molecule has 5 heteroatoms. The Hall–Kier alpha value is -0.590. The van der Waals surface area contributed by atoms with Crippen LogP contribution < -0.4 is 28.5 Å². The molecule has 0 atom stereocenters. The molecule has 0 unspecified atom stereocenters. The van der Waals surface area contributed by atoms with Crippen LogP contribution in [0.15, 0.2) is 18.7 Å². The van der Waals surface area contributed by atoms with Crippen LogP contribution in [0.4, 0.5) is 4.79 Å². The molecule has 0 aliphatic heterocycles. The summed E-state index contributed by atoms with van der Waals surface area (Å²) < 4.78 is 3.48. The quantitative estimate of drug-likeness (QED) is 0.483. The number of amides is 1. The van der Waals surface area contributed by atoms with Crippen molar-refractivity contribution in [3.05, 3.63) is 18.7 Å². The smallest absolute Gasteiger partial charge is 0.416 e. The Bertz CT molecular complexity index is 336. The Morgan fingerprint density at radius 2 is 2.12 bits per heavy atom. The van der Waals surface area contributed by atoms with Crippen molar-refractivity contribution in [1.29, 1.82) is 0 Å². The third kappa shape index (κ3) is 3.77. The fourth-order valence-corrected chi connectivity index (χ4v) is 1.53. The molecule has 1 heterocycles. The molecule has 1 rings (SSSR count). The summed E-state index contributed by atoms with van der Waals surface area (Å²) in [5.41, 5.74) is 0. The largest absolute Gasteiger partial charge is 1.00 e. The molecule has 1 amide bonds. The maximum atomic E-state index is 12.1. The molecule has 1 aromatic heterocycles. The number of imidazole rings is 1. The van der Waals surface area contributed by atoms with Gasteiger partial charge < -0.3 is 28.9 Å². The zero-order valence-corrected chi connectivity index (χ0v) is 12.5. The molecule has 0 fully saturated rings. The molecule has 0 N–H and O–H groups in total. The maximum absolute atomic E-state index is 12.1. The summed E-state index contributed by atoms with van der Waals surface area (Å²) in [7, 11) is 1.91. The Balaban J connectivity index is 0.00000225. The topological polar surface area (TPSA) is 29.1 Å². The number of carbonyl (C=O) groups excluding carboxylic acids is 1. The van der Waals surface area contributed by atoms with Crippen LogP contribution in [0.25, 0.3) is 0 Å². The van der Waals surface area contributed by atoms with Gasteiger partial charge in [-0.2, -0.15) is 4.57 Å². The molecule has 0 saturated heterocycles. The van der Waals surface area contributed by atoms with Crippen molar-refractivity contribution in [2.24, 2.45) is 7.05 Å². The Labute approximate surface area is 114 Å². The predicted octanol–water partition coefficient (Wildman–Crippen LogP) is -1.59. The van der Waals surface area contributed by atoms with Crippen molar-refractivity contribution in [3.63, 3.8) is 0 Å². The van der Waals surface area contributed by atoms with E-state index in [1.807, 2.05) is 36.6 Å². The molecular formula is C11H20IN3O. The lowest BCUT2D eigenvalue weighted by Gasteiger charge is -2.23. The minimum absolute atomic E-state index is 0. The summed E-state index contributed by atoms with van der Waals surface area (Å²) in [5.74, 6) is 0. The zero-order valence-electron chi connectivity index (χ0n) is 10.4. The number of hydrogen-bond donors (Lipinski definition) is 0. The van der Waals surface area contributed by atoms with E-state index in [9.17, 15) is 4.79 Å². The third-order valence-electron chi connectivity index (χ3n) is 2.32. The highest BCUT2D eigenvalue weighted by molar-refractivity contribution is 5.76. The van der Waals surface area contributed by atoms with E-state index in [1.54, 1.807) is 17.1 Å². The number of hydrogen-bond acceptors (Lipinski definition) is 1. The van der Waals surface area contributed by atoms with Crippen molar-refractivity contribution >= 4 is 6.03 Å². The fourth-order valence-electron chi connectivity index (χ4n) is 1.53. The maximum Gasteiger partial charge on any atom is 0.416 e. The van der Waals surface area contributed by atoms with Gasteiger partial charge >= 0.3 is 6.03 Å². The molecule has 0 bridgehead atoms. The first kappa shape index (κ1) is 15.4. The lowest BCUT2D eigenvalue weighted by molar-refractivity contribution is -0.670. The number of rotatable bonds is 3. The number of halogens is 1. The highest BCUT2D eigenvalue weighted by Crippen LogP contribution is 2.03. The summed E-state index contributed by atoms with van der Waals surface area (Å²) in [6, 6.07) is 0.289. The van der Waals surface area contributed by atoms with Crippen LogP contribution in [-0.2, 0) is 7.05 Å². The molecular weight excluding hydrogens is 317 g/mol. The second-order valence-electron chi connectivity index (χ2n) is 4.06. The van der Waals surface area contributed by atoms with Crippen molar-refractivity contribution in [2.75, 3.05) is 6.54 Å². The second kappa shape index (κ2) is 6.88. The van der Waals surface area contributed by atoms with Gasteiger partial charge in [0.2, 0.25) is 0 Å². The van der Waals surface area contributed by atoms with Gasteiger partial charge in [-0.1, -0.05) is 6.92 Å². The normalized spacial score (nSPS) is 10.1. The van der Waals surface area contributed by atoms with Crippen molar-refractivity contribution in [2.45, 2.75) is 33.2 Å². The molecule has 0 aliphatic carbocycles. The van der Waals surface area contributed by atoms with E-state index in [1.165, 1.54) is 0 Å². The van der Waals surface area contributed by atoms with Gasteiger partial charge in [-0.15, -0.1) is 0 Å². The second-order valence-corrected chi connectivity index (χ2v) is 4.06. The molecule has 92 valence electrons. The van der Waals surface area contributed by atoms with Gasteiger partial charge in [-0.25, -0.2) is 9.36 Å². The van der Waals surface area contributed by atoms with Crippen LogP contribution >= 0.6 is 0 Å². The van der Waals surface area contributed by atoms with Gasteiger partial charge in [0.25, 0.3) is 6.33 Å². The van der Waals surface area contributed by atoms with Gasteiger partial charge in [-0.05, 0) is 20.3 Å². The van der Waals surface area contributed by atoms with Gasteiger partial charge in [0.05, 0.1) is 7.05 Å². The minimum atomic E-state index is 0. The van der Waals surface area contributed by atoms with Crippen LogP contribution in [0.1, 0.15) is 27.2 Å². The van der Waals surface area contributed by atoms with Gasteiger partial charge in [0, 0.05) is 12.6 Å². The van der Waals surface area contributed by atoms with E-state index >= 15 is 0 Å². The fraction of sp³-hybridized carbons (Fsp3) is 0.636. The van der Waals surface area contributed by atoms with E-state index in [0.29, 0.717) is 0 Å². The summed E-state index contributed by atoms with van der Waals surface area (Å²) >= 11 is 0. The van der Waals surface area contributed by atoms with Gasteiger partial charge in [-0.3, -0.25) is 0 Å². The SMILES string of the molecule is CCCN(C(=O)n1cc[n+](C)c1)C(C)C.[I-]. The molecule has 16 heavy (non-hydrogen) atoms. The number of aryl methyl sites for hydroxylation is 1. The Morgan fingerprint density at radius 1 is 1.50 bits per heavy atom. The van der Waals surface area contributed by atoms with E-state index < -0.39 is 0 Å². The first-order chi connectivity index (χ1) is 7.06. The predicted molar refractivity (Wildman–Crippen MR) is 58.5 cm³/mol. The molecule has 0 spiro atoms. The minimum Gasteiger partial charge on any atom is -1.00 e. The average Bonchev–Trinajstić information content (AvgIpc) is 2.59. The lowest BCUT2D eigenvalue weighted by atomic mass is 10.3. The summed E-state index contributed by atoms with van der Waals surface area (Å²) in [6.45, 7) is 6.96. The average molecular weight is 337 g/mol. The summed E-state index contributed by atoms with van der Waals surface area (Å²) in [4.78, 5) is 13.9. The lowest BCUT2D eigenvalue weighted by Crippen LogP contribution is -3.00. The molecule has 0 aromatic carbocycles. The standard InChI is InChI=1S/C11H20N3O.HI/c1-5-6-14(10(2)3)11(15)13-8-7-12(4)9-13;/h7-10H,5-6H2,1-4H3;1H/q+1;/p-1. The highest BCUT2D eigenvalue weighted by Gasteiger charge is 2.22. The van der Waals surface area contributed by atoms with Crippen LogP contribution in [0.5, 0.6) is 0 Å². The highest BCUT2D eigenvalue weighted by atomic mass is 127. The van der Waals surface area contributed by atoms with Crippen LogP contribution in [-0.4, -0.2) is 28.1 Å². The first-order valence-corrected chi connectivity index (χ1v) is 5.40. The number of carbonyl (C=O) groups is 1. The van der Waals surface area contributed by atoms with Crippen LogP contribution in [0.3, 0.4) is 0 Å². The summed E-state index contributed by atoms with van der Waals surface area (Å²) in [5, 5.41) is 0. The van der Waals surface area contributed by atoms with Gasteiger partial charge in [0.1, 0.15) is 12.4 Å².